The third kappa shape index (κ3) is 10.4. The summed E-state index contributed by atoms with van der Waals surface area (Å²) in [5.41, 5.74) is 5.90. The summed E-state index contributed by atoms with van der Waals surface area (Å²) in [5.74, 6) is 0.859. The van der Waals surface area contributed by atoms with Gasteiger partial charge in [0, 0.05) is 66.7 Å². The minimum Gasteiger partial charge on any atom is -0.460 e. The van der Waals surface area contributed by atoms with Crippen molar-refractivity contribution in [3.63, 3.8) is 0 Å². The fourth-order valence-corrected chi connectivity index (χ4v) is 7.46. The molecule has 2 aliphatic heterocycles. The van der Waals surface area contributed by atoms with E-state index in [1.54, 1.807) is 16.9 Å². The number of nitrogens with zero attached hydrogens (tertiary/aromatic N) is 5. The first kappa shape index (κ1) is 43.9. The molecule has 0 aliphatic carbocycles. The normalized spacial score (nSPS) is 20.1. The van der Waals surface area contributed by atoms with Gasteiger partial charge in [-0.25, -0.2) is 9.48 Å². The summed E-state index contributed by atoms with van der Waals surface area (Å²) >= 11 is 0. The standard InChI is InChI=1S/C43H57N5O11/c1-5-46(6-2)29-13-15-33-35(23-29)58-36-24-30(47(7-3)8-4)14-16-34(36)38(33)31-11-9-10-12-32(31)42(53)56-22-21-55-20-19-54-18-17-48-25-28(44-45-48)27-57-43-41(52)40(51)39(50)37(26-49)59-43/h9-16,23-25,37-41,43,49-52H,5-8,17-22,26-27H2,1-4H3. The zero-order chi connectivity index (χ0) is 41.9. The van der Waals surface area contributed by atoms with Crippen LogP contribution in [-0.2, 0) is 36.8 Å². The average Bonchev–Trinajstić information content (AvgIpc) is 3.72. The van der Waals surface area contributed by atoms with Crippen molar-refractivity contribution in [2.45, 2.75) is 77.5 Å². The van der Waals surface area contributed by atoms with Crippen LogP contribution in [0.5, 0.6) is 11.5 Å². The fourth-order valence-electron chi connectivity index (χ4n) is 7.46. The van der Waals surface area contributed by atoms with Crippen molar-refractivity contribution in [1.29, 1.82) is 0 Å². The number of hydrogen-bond donors (Lipinski definition) is 4. The van der Waals surface area contributed by atoms with E-state index in [9.17, 15) is 25.2 Å². The largest absolute Gasteiger partial charge is 0.460 e. The van der Waals surface area contributed by atoms with E-state index in [-0.39, 0.29) is 25.7 Å². The van der Waals surface area contributed by atoms with E-state index in [0.29, 0.717) is 37.6 Å². The number of aromatic nitrogens is 3. The zero-order valence-electron chi connectivity index (χ0n) is 34.2. The third-order valence-electron chi connectivity index (χ3n) is 10.7. The van der Waals surface area contributed by atoms with Crippen LogP contribution < -0.4 is 14.5 Å². The van der Waals surface area contributed by atoms with Crippen LogP contribution >= 0.6 is 0 Å². The molecule has 0 bridgehead atoms. The highest BCUT2D eigenvalue weighted by atomic mass is 16.7. The van der Waals surface area contributed by atoms with Crippen molar-refractivity contribution >= 4 is 17.3 Å². The molecule has 59 heavy (non-hydrogen) atoms. The Labute approximate surface area is 344 Å². The van der Waals surface area contributed by atoms with Crippen LogP contribution in [0.15, 0.2) is 66.9 Å². The molecule has 16 heteroatoms. The molecular formula is C43H57N5O11. The maximum absolute atomic E-state index is 13.7. The first-order chi connectivity index (χ1) is 28.7. The molecule has 5 atom stereocenters. The van der Waals surface area contributed by atoms with Gasteiger partial charge >= 0.3 is 5.97 Å². The smallest absolute Gasteiger partial charge is 0.338 e. The molecule has 6 rings (SSSR count). The van der Waals surface area contributed by atoms with Crippen LogP contribution in [-0.4, -0.2) is 138 Å². The summed E-state index contributed by atoms with van der Waals surface area (Å²) < 4.78 is 36.1. The minimum atomic E-state index is -1.53. The summed E-state index contributed by atoms with van der Waals surface area (Å²) in [6, 6.07) is 20.3. The Morgan fingerprint density at radius 1 is 0.763 bits per heavy atom. The second kappa shape index (κ2) is 21.0. The topological polar surface area (TPSA) is 191 Å². The number of carbonyl (C=O) groups is 1. The Morgan fingerprint density at radius 3 is 2.00 bits per heavy atom. The second-order valence-electron chi connectivity index (χ2n) is 14.3. The lowest BCUT2D eigenvalue weighted by Gasteiger charge is -2.39. The molecule has 16 nitrogen and oxygen atoms in total. The predicted molar refractivity (Wildman–Crippen MR) is 218 cm³/mol. The molecule has 1 fully saturated rings. The molecule has 5 unspecified atom stereocenters. The van der Waals surface area contributed by atoms with Crippen LogP contribution in [0.4, 0.5) is 11.4 Å². The lowest BCUT2D eigenvalue weighted by Crippen LogP contribution is -2.59. The predicted octanol–water partition coefficient (Wildman–Crippen LogP) is 3.46. The van der Waals surface area contributed by atoms with Gasteiger partial charge in [0.05, 0.1) is 57.9 Å². The van der Waals surface area contributed by atoms with Crippen molar-refractivity contribution in [3.05, 3.63) is 94.8 Å². The number of rotatable bonds is 21. The van der Waals surface area contributed by atoms with Crippen LogP contribution in [0.25, 0.3) is 0 Å². The van der Waals surface area contributed by atoms with E-state index >= 15 is 0 Å². The van der Waals surface area contributed by atoms with Gasteiger partial charge in [0.1, 0.15) is 48.2 Å². The van der Waals surface area contributed by atoms with E-state index in [1.165, 1.54) is 0 Å². The molecule has 1 aromatic heterocycles. The van der Waals surface area contributed by atoms with E-state index in [0.717, 1.165) is 65.7 Å². The molecule has 0 saturated carbocycles. The van der Waals surface area contributed by atoms with Crippen molar-refractivity contribution in [2.75, 3.05) is 75.6 Å². The van der Waals surface area contributed by atoms with Gasteiger partial charge in [0.2, 0.25) is 0 Å². The number of aliphatic hydroxyl groups excluding tert-OH is 4. The highest BCUT2D eigenvalue weighted by molar-refractivity contribution is 5.92. The number of aliphatic hydroxyl groups is 4. The molecule has 3 aromatic carbocycles. The Kier molecular flexibility index (Phi) is 15.7. The zero-order valence-corrected chi connectivity index (χ0v) is 34.2. The van der Waals surface area contributed by atoms with E-state index < -0.39 is 43.3 Å². The van der Waals surface area contributed by atoms with Gasteiger partial charge in [-0.05, 0) is 51.5 Å². The minimum absolute atomic E-state index is 0.0709. The van der Waals surface area contributed by atoms with Crippen LogP contribution in [0.3, 0.4) is 0 Å². The first-order valence-electron chi connectivity index (χ1n) is 20.4. The molecule has 3 heterocycles. The Balaban J connectivity index is 0.987. The number of benzene rings is 3. The highest BCUT2D eigenvalue weighted by Gasteiger charge is 2.44. The molecule has 4 N–H and O–H groups in total. The van der Waals surface area contributed by atoms with Gasteiger partial charge < -0.3 is 58.6 Å². The van der Waals surface area contributed by atoms with Crippen molar-refractivity contribution in [1.82, 2.24) is 15.0 Å². The number of anilines is 2. The number of hydrogen-bond acceptors (Lipinski definition) is 15. The molecule has 0 radical (unpaired) electrons. The molecule has 320 valence electrons. The average molecular weight is 820 g/mol. The van der Waals surface area contributed by atoms with Crippen molar-refractivity contribution < 1.29 is 53.6 Å². The van der Waals surface area contributed by atoms with Gasteiger partial charge in [-0.3, -0.25) is 0 Å². The summed E-state index contributed by atoms with van der Waals surface area (Å²) in [6.45, 7) is 13.0. The summed E-state index contributed by atoms with van der Waals surface area (Å²) in [5, 5.41) is 47.4. The second-order valence-corrected chi connectivity index (χ2v) is 14.3. The van der Waals surface area contributed by atoms with E-state index in [1.807, 2.05) is 18.2 Å². The lowest BCUT2D eigenvalue weighted by molar-refractivity contribution is -0.304. The van der Waals surface area contributed by atoms with Gasteiger partial charge in [0.25, 0.3) is 0 Å². The number of esters is 1. The molecular weight excluding hydrogens is 762 g/mol. The molecule has 4 aromatic rings. The maximum atomic E-state index is 13.7. The molecule has 0 amide bonds. The summed E-state index contributed by atoms with van der Waals surface area (Å²) in [7, 11) is 0. The summed E-state index contributed by atoms with van der Waals surface area (Å²) in [4.78, 5) is 18.2. The maximum Gasteiger partial charge on any atom is 0.338 e. The molecule has 2 aliphatic rings. The monoisotopic (exact) mass is 819 g/mol. The van der Waals surface area contributed by atoms with Crippen LogP contribution in [0.2, 0.25) is 0 Å². The summed E-state index contributed by atoms with van der Waals surface area (Å²) in [6.07, 6.45) is -5.17. The Hall–Kier alpha value is -4.65. The quantitative estimate of drug-likeness (QED) is 0.0622. The van der Waals surface area contributed by atoms with Gasteiger partial charge in [-0.1, -0.05) is 35.5 Å². The third-order valence-corrected chi connectivity index (χ3v) is 10.7. The van der Waals surface area contributed by atoms with Crippen molar-refractivity contribution in [3.8, 4) is 11.5 Å². The van der Waals surface area contributed by atoms with Crippen LogP contribution in [0, 0.1) is 0 Å². The van der Waals surface area contributed by atoms with Crippen LogP contribution in [0.1, 0.15) is 66.4 Å². The highest BCUT2D eigenvalue weighted by Crippen LogP contribution is 2.50. The molecule has 0 spiro atoms. The number of carbonyl (C=O) groups excluding carboxylic acids is 1. The van der Waals surface area contributed by atoms with Gasteiger partial charge in [0.15, 0.2) is 6.29 Å². The SMILES string of the molecule is CCN(CC)c1ccc2c(c1)Oc1cc(N(CC)CC)ccc1C2c1ccccc1C(=O)OCCOCCOCCn1cc(COC2OC(CO)C(O)C(O)C2O)nn1. The van der Waals surface area contributed by atoms with E-state index in [2.05, 4.69) is 84.2 Å². The molecule has 1 saturated heterocycles. The lowest BCUT2D eigenvalue weighted by atomic mass is 9.80. The van der Waals surface area contributed by atoms with E-state index in [4.69, 9.17) is 28.4 Å². The van der Waals surface area contributed by atoms with Gasteiger partial charge in [-0.15, -0.1) is 5.10 Å². The number of ether oxygens (including phenoxy) is 6. The Bertz CT molecular complexity index is 1890. The Morgan fingerprint density at radius 2 is 1.37 bits per heavy atom. The first-order valence-corrected chi connectivity index (χ1v) is 20.4. The fraction of sp³-hybridized carbons (Fsp3) is 0.512. The van der Waals surface area contributed by atoms with Crippen molar-refractivity contribution in [2.24, 2.45) is 0 Å². The van der Waals surface area contributed by atoms with Gasteiger partial charge in [-0.2, -0.15) is 0 Å². The number of fused-ring (bicyclic) bond motifs is 2.